The number of hydrogen-bond donors (Lipinski definition) is 1. The Bertz CT molecular complexity index is 717. The van der Waals surface area contributed by atoms with Crippen molar-refractivity contribution in [2.75, 3.05) is 0 Å². The molecule has 5 nitrogen and oxygen atoms in total. The lowest BCUT2D eigenvalue weighted by Gasteiger charge is -2.06. The summed E-state index contributed by atoms with van der Waals surface area (Å²) in [4.78, 5) is 21.6. The Morgan fingerprint density at radius 1 is 1.14 bits per heavy atom. The molecule has 2 aromatic carbocycles. The van der Waals surface area contributed by atoms with E-state index in [-0.39, 0.29) is 11.3 Å². The van der Waals surface area contributed by atoms with Crippen molar-refractivity contribution >= 4 is 23.3 Å². The number of benzene rings is 2. The van der Waals surface area contributed by atoms with Crippen LogP contribution in [0, 0.1) is 17.0 Å². The minimum absolute atomic E-state index is 0.0279. The smallest absolute Gasteiger partial charge is 0.336 e. The second-order valence-electron chi connectivity index (χ2n) is 4.53. The Morgan fingerprint density at radius 2 is 1.76 bits per heavy atom. The van der Waals surface area contributed by atoms with Crippen molar-refractivity contribution in [3.8, 4) is 0 Å². The molecule has 0 radical (unpaired) electrons. The maximum atomic E-state index is 11.5. The molecule has 0 saturated carbocycles. The molecule has 0 amide bonds. The summed E-state index contributed by atoms with van der Waals surface area (Å²) in [6.45, 7) is 1.84. The third-order valence-electron chi connectivity index (χ3n) is 3.08. The van der Waals surface area contributed by atoms with Gasteiger partial charge >= 0.3 is 5.97 Å². The Hall–Kier alpha value is -2.95. The van der Waals surface area contributed by atoms with Gasteiger partial charge in [-0.1, -0.05) is 24.3 Å². The molecule has 21 heavy (non-hydrogen) atoms. The first kappa shape index (κ1) is 14.5. The van der Waals surface area contributed by atoms with Crippen LogP contribution in [0.5, 0.6) is 0 Å². The van der Waals surface area contributed by atoms with Crippen LogP contribution in [0.2, 0.25) is 0 Å². The van der Waals surface area contributed by atoms with E-state index in [0.717, 1.165) is 5.56 Å². The topological polar surface area (TPSA) is 80.4 Å². The zero-order chi connectivity index (χ0) is 15.4. The molecule has 0 fully saturated rings. The highest BCUT2D eigenvalue weighted by Crippen LogP contribution is 2.23. The predicted molar refractivity (Wildman–Crippen MR) is 79.8 cm³/mol. The molecule has 106 valence electrons. The van der Waals surface area contributed by atoms with Crippen LogP contribution in [0.15, 0.2) is 48.5 Å². The van der Waals surface area contributed by atoms with E-state index in [0.29, 0.717) is 11.1 Å². The van der Waals surface area contributed by atoms with E-state index in [1.807, 2.05) is 19.1 Å². The number of carboxylic acid groups (broad SMARTS) is 1. The lowest BCUT2D eigenvalue weighted by Crippen LogP contribution is -2.01. The van der Waals surface area contributed by atoms with Crippen LogP contribution >= 0.6 is 0 Å². The number of aliphatic carboxylic acids is 1. The molecular weight excluding hydrogens is 270 g/mol. The second kappa shape index (κ2) is 6.00. The van der Waals surface area contributed by atoms with E-state index < -0.39 is 10.9 Å². The molecule has 0 aliphatic heterocycles. The molecule has 0 spiro atoms. The zero-order valence-corrected chi connectivity index (χ0v) is 11.3. The highest BCUT2D eigenvalue weighted by atomic mass is 16.6. The van der Waals surface area contributed by atoms with E-state index >= 15 is 0 Å². The molecular formula is C16H13NO4. The van der Waals surface area contributed by atoms with Gasteiger partial charge in [-0.05, 0) is 41.8 Å². The normalized spacial score (nSPS) is 11.2. The van der Waals surface area contributed by atoms with Gasteiger partial charge in [0.05, 0.1) is 10.5 Å². The summed E-state index contributed by atoms with van der Waals surface area (Å²) in [5.74, 6) is -1.04. The van der Waals surface area contributed by atoms with Gasteiger partial charge in [0.1, 0.15) is 0 Å². The van der Waals surface area contributed by atoms with Crippen LogP contribution in [-0.2, 0) is 4.79 Å². The van der Waals surface area contributed by atoms with Crippen molar-refractivity contribution < 1.29 is 14.8 Å². The fraction of sp³-hybridized carbons (Fsp3) is 0.0625. The largest absolute Gasteiger partial charge is 0.478 e. The summed E-state index contributed by atoms with van der Waals surface area (Å²) in [5, 5.41) is 20.0. The second-order valence-corrected chi connectivity index (χ2v) is 4.53. The van der Waals surface area contributed by atoms with Gasteiger partial charge in [0.15, 0.2) is 0 Å². The van der Waals surface area contributed by atoms with Gasteiger partial charge in [0, 0.05) is 12.1 Å². The Kier molecular flexibility index (Phi) is 4.13. The number of rotatable bonds is 4. The van der Waals surface area contributed by atoms with Crippen molar-refractivity contribution in [2.24, 2.45) is 0 Å². The fourth-order valence-corrected chi connectivity index (χ4v) is 1.99. The summed E-state index contributed by atoms with van der Waals surface area (Å²) in [6, 6.07) is 12.9. The average molecular weight is 283 g/mol. The van der Waals surface area contributed by atoms with E-state index in [1.54, 1.807) is 12.1 Å². The van der Waals surface area contributed by atoms with Crippen molar-refractivity contribution in [3.63, 3.8) is 0 Å². The fourth-order valence-electron chi connectivity index (χ4n) is 1.99. The van der Waals surface area contributed by atoms with Crippen LogP contribution < -0.4 is 0 Å². The number of nitro groups is 1. The quantitative estimate of drug-likeness (QED) is 0.403. The third kappa shape index (κ3) is 3.33. The SMILES string of the molecule is Cc1ccccc1C(=Cc1ccc([N+](=O)[O-])cc1)C(=O)O. The number of non-ortho nitro benzene ring substituents is 1. The van der Waals surface area contributed by atoms with Crippen LogP contribution in [-0.4, -0.2) is 16.0 Å². The van der Waals surface area contributed by atoms with Gasteiger partial charge in [-0.3, -0.25) is 10.1 Å². The molecule has 2 aromatic rings. The van der Waals surface area contributed by atoms with E-state index in [4.69, 9.17) is 0 Å². The maximum Gasteiger partial charge on any atom is 0.336 e. The molecule has 0 atom stereocenters. The molecule has 0 saturated heterocycles. The molecule has 1 N–H and O–H groups in total. The summed E-state index contributed by atoms with van der Waals surface area (Å²) in [7, 11) is 0. The highest BCUT2D eigenvalue weighted by Gasteiger charge is 2.13. The van der Waals surface area contributed by atoms with Crippen LogP contribution in [0.25, 0.3) is 11.6 Å². The predicted octanol–water partition coefficient (Wildman–Crippen LogP) is 3.53. The number of hydrogen-bond acceptors (Lipinski definition) is 3. The number of aryl methyl sites for hydroxylation is 1. The standard InChI is InChI=1S/C16H13NO4/c1-11-4-2-3-5-14(11)15(16(18)19)10-12-6-8-13(9-7-12)17(20)21/h2-10H,1H3,(H,18,19). The van der Waals surface area contributed by atoms with Crippen LogP contribution in [0.4, 0.5) is 5.69 Å². The van der Waals surface area contributed by atoms with Crippen molar-refractivity contribution in [3.05, 3.63) is 75.3 Å². The minimum atomic E-state index is -1.04. The first-order chi connectivity index (χ1) is 9.99. The van der Waals surface area contributed by atoms with Gasteiger partial charge in [-0.15, -0.1) is 0 Å². The van der Waals surface area contributed by atoms with Gasteiger partial charge < -0.3 is 5.11 Å². The molecule has 0 aromatic heterocycles. The van der Waals surface area contributed by atoms with Crippen LogP contribution in [0.3, 0.4) is 0 Å². The Morgan fingerprint density at radius 3 is 2.29 bits per heavy atom. The number of nitrogens with zero attached hydrogens (tertiary/aromatic N) is 1. The van der Waals surface area contributed by atoms with Crippen molar-refractivity contribution in [1.82, 2.24) is 0 Å². The van der Waals surface area contributed by atoms with Gasteiger partial charge in [0.25, 0.3) is 5.69 Å². The Labute approximate surface area is 121 Å². The minimum Gasteiger partial charge on any atom is -0.478 e. The molecule has 2 rings (SSSR count). The lowest BCUT2D eigenvalue weighted by molar-refractivity contribution is -0.384. The van der Waals surface area contributed by atoms with Crippen LogP contribution in [0.1, 0.15) is 16.7 Å². The summed E-state index contributed by atoms with van der Waals surface area (Å²) in [6.07, 6.45) is 1.51. The average Bonchev–Trinajstić information content (AvgIpc) is 2.46. The van der Waals surface area contributed by atoms with Crippen molar-refractivity contribution in [1.29, 1.82) is 0 Å². The van der Waals surface area contributed by atoms with E-state index in [1.165, 1.54) is 30.3 Å². The van der Waals surface area contributed by atoms with Crippen molar-refractivity contribution in [2.45, 2.75) is 6.92 Å². The summed E-state index contributed by atoms with van der Waals surface area (Å²) < 4.78 is 0. The van der Waals surface area contributed by atoms with E-state index in [9.17, 15) is 20.0 Å². The summed E-state index contributed by atoms with van der Waals surface area (Å²) >= 11 is 0. The van der Waals surface area contributed by atoms with Gasteiger partial charge in [-0.2, -0.15) is 0 Å². The summed E-state index contributed by atoms with van der Waals surface area (Å²) in [5.41, 5.74) is 2.21. The molecule has 0 aliphatic carbocycles. The molecule has 0 unspecified atom stereocenters. The van der Waals surface area contributed by atoms with Gasteiger partial charge in [0.2, 0.25) is 0 Å². The number of carboxylic acids is 1. The van der Waals surface area contributed by atoms with Gasteiger partial charge in [-0.25, -0.2) is 4.79 Å². The lowest BCUT2D eigenvalue weighted by atomic mass is 9.98. The first-order valence-corrected chi connectivity index (χ1v) is 6.24. The monoisotopic (exact) mass is 283 g/mol. The molecule has 0 aliphatic rings. The number of nitro benzene ring substituents is 1. The Balaban J connectivity index is 2.45. The number of carbonyl (C=O) groups is 1. The molecule has 0 bridgehead atoms. The van der Waals surface area contributed by atoms with E-state index in [2.05, 4.69) is 0 Å². The first-order valence-electron chi connectivity index (χ1n) is 6.24. The highest BCUT2D eigenvalue weighted by molar-refractivity contribution is 6.21. The third-order valence-corrected chi connectivity index (χ3v) is 3.08. The molecule has 0 heterocycles. The zero-order valence-electron chi connectivity index (χ0n) is 11.3. The molecule has 5 heteroatoms. The maximum absolute atomic E-state index is 11.5.